The highest BCUT2D eigenvalue weighted by atomic mass is 35.5. The molecule has 1 N–H and O–H groups in total. The van der Waals surface area contributed by atoms with Gasteiger partial charge in [-0.25, -0.2) is 8.42 Å². The standard InChI is InChI=1S/C20H23ClN2O4S/c1-15-8-9-16(14-18(15)23-11-4-5-13-28(23,25)26)20(24)22-10-12-27-19-7-3-2-6-17(19)21/h2-3,6-9,14H,4-5,10-13H2,1H3,(H,22,24). The number of ether oxygens (including phenoxy) is 1. The fourth-order valence-corrected chi connectivity index (χ4v) is 4.95. The van der Waals surface area contributed by atoms with Crippen molar-refractivity contribution >= 4 is 33.2 Å². The lowest BCUT2D eigenvalue weighted by Crippen LogP contribution is -2.38. The average Bonchev–Trinajstić information content (AvgIpc) is 2.67. The number of aryl methyl sites for hydroxylation is 1. The summed E-state index contributed by atoms with van der Waals surface area (Å²) in [6, 6.07) is 12.2. The summed E-state index contributed by atoms with van der Waals surface area (Å²) in [5.74, 6) is 0.423. The van der Waals surface area contributed by atoms with Crippen molar-refractivity contribution in [1.82, 2.24) is 5.32 Å². The Morgan fingerprint density at radius 2 is 2.00 bits per heavy atom. The summed E-state index contributed by atoms with van der Waals surface area (Å²) < 4.78 is 31.7. The van der Waals surface area contributed by atoms with Crippen LogP contribution >= 0.6 is 11.6 Å². The lowest BCUT2D eigenvalue weighted by molar-refractivity contribution is 0.0947. The van der Waals surface area contributed by atoms with Crippen LogP contribution in [0, 0.1) is 6.92 Å². The second-order valence-electron chi connectivity index (χ2n) is 6.63. The van der Waals surface area contributed by atoms with Crippen LogP contribution in [0.15, 0.2) is 42.5 Å². The number of carbonyl (C=O) groups excluding carboxylic acids is 1. The molecule has 0 unspecified atom stereocenters. The number of amides is 1. The molecule has 0 atom stereocenters. The highest BCUT2D eigenvalue weighted by Crippen LogP contribution is 2.28. The van der Waals surface area contributed by atoms with Gasteiger partial charge in [0.05, 0.1) is 23.0 Å². The maximum absolute atomic E-state index is 12.5. The topological polar surface area (TPSA) is 75.7 Å². The van der Waals surface area contributed by atoms with Crippen LogP contribution < -0.4 is 14.4 Å². The second kappa shape index (κ2) is 8.84. The fourth-order valence-electron chi connectivity index (χ4n) is 3.07. The summed E-state index contributed by atoms with van der Waals surface area (Å²) in [5.41, 5.74) is 1.81. The summed E-state index contributed by atoms with van der Waals surface area (Å²) in [6.07, 6.45) is 1.48. The van der Waals surface area contributed by atoms with E-state index in [2.05, 4.69) is 5.32 Å². The Morgan fingerprint density at radius 1 is 1.21 bits per heavy atom. The number of hydrogen-bond acceptors (Lipinski definition) is 4. The van der Waals surface area contributed by atoms with Crippen molar-refractivity contribution in [2.75, 3.05) is 29.8 Å². The van der Waals surface area contributed by atoms with Gasteiger partial charge in [-0.3, -0.25) is 9.10 Å². The Balaban J connectivity index is 1.63. The summed E-state index contributed by atoms with van der Waals surface area (Å²) in [5, 5.41) is 3.30. The van der Waals surface area contributed by atoms with Crippen molar-refractivity contribution < 1.29 is 17.9 Å². The minimum atomic E-state index is -3.33. The Bertz CT molecular complexity index is 962. The molecule has 1 aliphatic heterocycles. The number of anilines is 1. The maximum atomic E-state index is 12.5. The minimum absolute atomic E-state index is 0.141. The normalized spacial score (nSPS) is 15.9. The van der Waals surface area contributed by atoms with Crippen molar-refractivity contribution in [2.24, 2.45) is 0 Å². The van der Waals surface area contributed by atoms with Gasteiger partial charge in [-0.2, -0.15) is 0 Å². The molecule has 28 heavy (non-hydrogen) atoms. The third kappa shape index (κ3) is 4.77. The van der Waals surface area contributed by atoms with Crippen LogP contribution in [0.5, 0.6) is 5.75 Å². The third-order valence-corrected chi connectivity index (χ3v) is 6.74. The number of nitrogens with one attached hydrogen (secondary N) is 1. The number of sulfonamides is 1. The van der Waals surface area contributed by atoms with Crippen molar-refractivity contribution in [3.05, 3.63) is 58.6 Å². The van der Waals surface area contributed by atoms with Gasteiger partial charge in [0.25, 0.3) is 5.91 Å². The first kappa shape index (κ1) is 20.5. The molecule has 3 rings (SSSR count). The van der Waals surface area contributed by atoms with Crippen LogP contribution in [0.3, 0.4) is 0 Å². The molecule has 1 fully saturated rings. The largest absolute Gasteiger partial charge is 0.490 e. The number of nitrogens with zero attached hydrogens (tertiary/aromatic N) is 1. The molecule has 1 heterocycles. The van der Waals surface area contributed by atoms with Gasteiger partial charge in [0.15, 0.2) is 0 Å². The van der Waals surface area contributed by atoms with Gasteiger partial charge >= 0.3 is 0 Å². The molecule has 0 radical (unpaired) electrons. The van der Waals surface area contributed by atoms with Gasteiger partial charge in [-0.05, 0) is 49.6 Å². The van der Waals surface area contributed by atoms with Crippen LogP contribution in [0.4, 0.5) is 5.69 Å². The molecule has 0 bridgehead atoms. The Hall–Kier alpha value is -2.25. The Morgan fingerprint density at radius 3 is 2.75 bits per heavy atom. The zero-order chi connectivity index (χ0) is 20.1. The smallest absolute Gasteiger partial charge is 0.251 e. The van der Waals surface area contributed by atoms with Crippen molar-refractivity contribution in [2.45, 2.75) is 19.8 Å². The van der Waals surface area contributed by atoms with Crippen LogP contribution in [0.25, 0.3) is 0 Å². The van der Waals surface area contributed by atoms with Gasteiger partial charge in [0, 0.05) is 12.1 Å². The quantitative estimate of drug-likeness (QED) is 0.724. The van der Waals surface area contributed by atoms with E-state index in [9.17, 15) is 13.2 Å². The molecule has 1 saturated heterocycles. The zero-order valence-corrected chi connectivity index (χ0v) is 17.2. The van der Waals surface area contributed by atoms with Crippen LogP contribution in [0.2, 0.25) is 5.02 Å². The van der Waals surface area contributed by atoms with Crippen molar-refractivity contribution in [3.8, 4) is 5.75 Å². The molecule has 0 aliphatic carbocycles. The first-order valence-electron chi connectivity index (χ1n) is 9.15. The third-order valence-electron chi connectivity index (χ3n) is 4.57. The van der Waals surface area contributed by atoms with E-state index in [1.165, 1.54) is 4.31 Å². The molecular formula is C20H23ClN2O4S. The van der Waals surface area contributed by atoms with E-state index in [1.807, 2.05) is 19.1 Å². The Kier molecular flexibility index (Phi) is 6.46. The highest BCUT2D eigenvalue weighted by molar-refractivity contribution is 7.92. The number of para-hydroxylation sites is 1. The van der Waals surface area contributed by atoms with Crippen LogP contribution in [0.1, 0.15) is 28.8 Å². The van der Waals surface area contributed by atoms with E-state index in [0.717, 1.165) is 12.0 Å². The minimum Gasteiger partial charge on any atom is -0.490 e. The monoisotopic (exact) mass is 422 g/mol. The molecule has 8 heteroatoms. The molecule has 1 aliphatic rings. The van der Waals surface area contributed by atoms with Gasteiger partial charge < -0.3 is 10.1 Å². The lowest BCUT2D eigenvalue weighted by atomic mass is 10.1. The van der Waals surface area contributed by atoms with Gasteiger partial charge in [0.1, 0.15) is 12.4 Å². The Labute approximate surface area is 170 Å². The SMILES string of the molecule is Cc1ccc(C(=O)NCCOc2ccccc2Cl)cc1N1CCCCS1(=O)=O. The first-order chi connectivity index (χ1) is 13.4. The summed E-state index contributed by atoms with van der Waals surface area (Å²) in [6.45, 7) is 2.86. The number of benzene rings is 2. The molecule has 150 valence electrons. The second-order valence-corrected chi connectivity index (χ2v) is 9.05. The molecular weight excluding hydrogens is 400 g/mol. The fraction of sp³-hybridized carbons (Fsp3) is 0.350. The van der Waals surface area contributed by atoms with E-state index in [1.54, 1.807) is 30.3 Å². The van der Waals surface area contributed by atoms with E-state index in [4.69, 9.17) is 16.3 Å². The van der Waals surface area contributed by atoms with E-state index in [0.29, 0.717) is 41.5 Å². The molecule has 0 saturated carbocycles. The van der Waals surface area contributed by atoms with Gasteiger partial charge in [-0.1, -0.05) is 29.8 Å². The highest BCUT2D eigenvalue weighted by Gasteiger charge is 2.27. The number of rotatable bonds is 6. The van der Waals surface area contributed by atoms with E-state index >= 15 is 0 Å². The van der Waals surface area contributed by atoms with Crippen molar-refractivity contribution in [3.63, 3.8) is 0 Å². The van der Waals surface area contributed by atoms with E-state index < -0.39 is 10.0 Å². The lowest BCUT2D eigenvalue weighted by Gasteiger charge is -2.29. The van der Waals surface area contributed by atoms with Gasteiger partial charge in [-0.15, -0.1) is 0 Å². The molecule has 6 nitrogen and oxygen atoms in total. The summed E-state index contributed by atoms with van der Waals surface area (Å²) in [7, 11) is -3.33. The predicted molar refractivity (Wildman–Crippen MR) is 111 cm³/mol. The molecule has 0 spiro atoms. The number of hydrogen-bond donors (Lipinski definition) is 1. The number of carbonyl (C=O) groups is 1. The summed E-state index contributed by atoms with van der Waals surface area (Å²) in [4.78, 5) is 12.5. The molecule has 0 aromatic heterocycles. The van der Waals surface area contributed by atoms with Crippen LogP contribution in [-0.4, -0.2) is 39.8 Å². The molecule has 2 aromatic carbocycles. The molecule has 1 amide bonds. The summed E-state index contributed by atoms with van der Waals surface area (Å²) >= 11 is 6.02. The van der Waals surface area contributed by atoms with Crippen molar-refractivity contribution in [1.29, 1.82) is 0 Å². The van der Waals surface area contributed by atoms with E-state index in [-0.39, 0.29) is 18.3 Å². The van der Waals surface area contributed by atoms with Gasteiger partial charge in [0.2, 0.25) is 10.0 Å². The average molecular weight is 423 g/mol. The molecule has 2 aromatic rings. The zero-order valence-electron chi connectivity index (χ0n) is 15.7. The number of halogens is 1. The van der Waals surface area contributed by atoms with Crippen LogP contribution in [-0.2, 0) is 10.0 Å². The first-order valence-corrected chi connectivity index (χ1v) is 11.1. The maximum Gasteiger partial charge on any atom is 0.251 e. The predicted octanol–water partition coefficient (Wildman–Crippen LogP) is 3.39.